The Bertz CT molecular complexity index is 1250. The van der Waals surface area contributed by atoms with Crippen molar-refractivity contribution >= 4 is 31.6 Å². The maximum Gasteiger partial charge on any atom is 0.255 e. The number of carbonyl (C=O) groups excluding carboxylic acids is 1. The molecule has 2 aromatic rings. The van der Waals surface area contributed by atoms with Crippen molar-refractivity contribution in [2.24, 2.45) is 0 Å². The molecule has 0 aliphatic carbocycles. The maximum absolute atomic E-state index is 13.1. The van der Waals surface area contributed by atoms with Crippen molar-refractivity contribution < 1.29 is 26.4 Å². The van der Waals surface area contributed by atoms with Gasteiger partial charge in [0.1, 0.15) is 10.6 Å². The van der Waals surface area contributed by atoms with Gasteiger partial charge in [0.2, 0.25) is 20.0 Å². The molecule has 0 spiro atoms. The molecule has 4 rings (SSSR count). The minimum absolute atomic E-state index is 0.0649. The topological polar surface area (TPSA) is 113 Å². The van der Waals surface area contributed by atoms with Crippen LogP contribution in [0.15, 0.2) is 52.3 Å². The fraction of sp³-hybridized carbons (Fsp3) is 0.409. The molecule has 2 saturated heterocycles. The first-order valence-electron chi connectivity index (χ1n) is 10.8. The van der Waals surface area contributed by atoms with Gasteiger partial charge in [-0.2, -0.15) is 8.61 Å². The Morgan fingerprint density at radius 2 is 1.45 bits per heavy atom. The van der Waals surface area contributed by atoms with Crippen molar-refractivity contribution in [2.45, 2.75) is 35.5 Å². The molecule has 0 radical (unpaired) electrons. The van der Waals surface area contributed by atoms with Gasteiger partial charge in [-0.25, -0.2) is 16.8 Å². The fourth-order valence-electron chi connectivity index (χ4n) is 4.10. The second kappa shape index (κ2) is 9.41. The Morgan fingerprint density at radius 3 is 2.06 bits per heavy atom. The van der Waals surface area contributed by atoms with E-state index in [4.69, 9.17) is 4.74 Å². The molecule has 2 heterocycles. The fourth-order valence-corrected chi connectivity index (χ4v) is 7.36. The lowest BCUT2D eigenvalue weighted by Gasteiger charge is -2.18. The number of methoxy groups -OCH3 is 1. The Hall–Kier alpha value is -2.47. The van der Waals surface area contributed by atoms with Crippen molar-refractivity contribution in [2.75, 3.05) is 38.6 Å². The molecule has 0 bridgehead atoms. The van der Waals surface area contributed by atoms with Crippen molar-refractivity contribution in [1.82, 2.24) is 8.61 Å². The Kier molecular flexibility index (Phi) is 6.76. The number of benzene rings is 2. The highest BCUT2D eigenvalue weighted by molar-refractivity contribution is 7.89. The van der Waals surface area contributed by atoms with Crippen LogP contribution in [0.5, 0.6) is 5.75 Å². The molecule has 2 aliphatic rings. The summed E-state index contributed by atoms with van der Waals surface area (Å²) in [5, 5.41) is 2.68. The number of sulfonamides is 2. The molecule has 0 aromatic heterocycles. The smallest absolute Gasteiger partial charge is 0.255 e. The van der Waals surface area contributed by atoms with E-state index in [-0.39, 0.29) is 21.1 Å². The molecule has 0 atom stereocenters. The summed E-state index contributed by atoms with van der Waals surface area (Å²) >= 11 is 0. The lowest BCUT2D eigenvalue weighted by molar-refractivity contribution is 0.102. The lowest BCUT2D eigenvalue weighted by Crippen LogP contribution is -2.28. The van der Waals surface area contributed by atoms with Gasteiger partial charge in [0, 0.05) is 37.4 Å². The van der Waals surface area contributed by atoms with E-state index in [1.54, 1.807) is 12.1 Å². The zero-order valence-corrected chi connectivity index (χ0v) is 20.0. The molecule has 9 nitrogen and oxygen atoms in total. The van der Waals surface area contributed by atoms with Crippen LogP contribution in [0.4, 0.5) is 5.69 Å². The molecule has 2 aromatic carbocycles. The van der Waals surface area contributed by atoms with Crippen molar-refractivity contribution in [3.8, 4) is 5.75 Å². The number of anilines is 1. The number of rotatable bonds is 7. The summed E-state index contributed by atoms with van der Waals surface area (Å²) in [6.45, 7) is 1.83. The number of carbonyl (C=O) groups is 1. The van der Waals surface area contributed by atoms with Crippen molar-refractivity contribution in [3.05, 3.63) is 48.0 Å². The molecule has 11 heteroatoms. The largest absolute Gasteiger partial charge is 0.495 e. The second-order valence-electron chi connectivity index (χ2n) is 8.07. The predicted molar refractivity (Wildman–Crippen MR) is 123 cm³/mol. The van der Waals surface area contributed by atoms with Crippen LogP contribution in [-0.4, -0.2) is 64.6 Å². The van der Waals surface area contributed by atoms with Crippen LogP contribution in [-0.2, 0) is 20.0 Å². The van der Waals surface area contributed by atoms with Crippen LogP contribution in [0, 0.1) is 0 Å². The SMILES string of the molecule is COc1ccc(C(=O)Nc2cccc(S(=O)(=O)N3CCCC3)c2)cc1S(=O)(=O)N1CCCC1. The van der Waals surface area contributed by atoms with Crippen LogP contribution in [0.2, 0.25) is 0 Å². The third-order valence-corrected chi connectivity index (χ3v) is 9.72. The van der Waals surface area contributed by atoms with Gasteiger partial charge < -0.3 is 10.1 Å². The van der Waals surface area contributed by atoms with Crippen LogP contribution < -0.4 is 10.1 Å². The van der Waals surface area contributed by atoms with E-state index in [1.807, 2.05) is 0 Å². The van der Waals surface area contributed by atoms with E-state index >= 15 is 0 Å². The molecular formula is C22H27N3O6S2. The highest BCUT2D eigenvalue weighted by atomic mass is 32.2. The van der Waals surface area contributed by atoms with Gasteiger partial charge in [-0.15, -0.1) is 0 Å². The molecule has 178 valence electrons. The van der Waals surface area contributed by atoms with E-state index in [0.717, 1.165) is 25.7 Å². The summed E-state index contributed by atoms with van der Waals surface area (Å²) < 4.78 is 59.8. The second-order valence-corrected chi connectivity index (χ2v) is 11.9. The first-order valence-corrected chi connectivity index (χ1v) is 13.7. The van der Waals surface area contributed by atoms with Gasteiger partial charge in [-0.05, 0) is 62.1 Å². The number of amides is 1. The van der Waals surface area contributed by atoms with Crippen LogP contribution in [0.1, 0.15) is 36.0 Å². The molecule has 0 saturated carbocycles. The van der Waals surface area contributed by atoms with Gasteiger partial charge >= 0.3 is 0 Å². The van der Waals surface area contributed by atoms with Crippen LogP contribution >= 0.6 is 0 Å². The van der Waals surface area contributed by atoms with E-state index < -0.39 is 26.0 Å². The van der Waals surface area contributed by atoms with Crippen LogP contribution in [0.25, 0.3) is 0 Å². The average Bonchev–Trinajstić information content (AvgIpc) is 3.54. The first kappa shape index (κ1) is 23.7. The Balaban J connectivity index is 1.59. The van der Waals surface area contributed by atoms with E-state index in [0.29, 0.717) is 31.9 Å². The summed E-state index contributed by atoms with van der Waals surface area (Å²) in [7, 11) is -6.05. The van der Waals surface area contributed by atoms with Crippen molar-refractivity contribution in [1.29, 1.82) is 0 Å². The van der Waals surface area contributed by atoms with E-state index in [2.05, 4.69) is 5.32 Å². The highest BCUT2D eigenvalue weighted by Crippen LogP contribution is 2.30. The number of hydrogen-bond acceptors (Lipinski definition) is 6. The third kappa shape index (κ3) is 4.77. The quantitative estimate of drug-likeness (QED) is 0.634. The maximum atomic E-state index is 13.1. The summed E-state index contributed by atoms with van der Waals surface area (Å²) in [6.07, 6.45) is 3.24. The molecular weight excluding hydrogens is 466 g/mol. The normalized spacial score (nSPS) is 17.8. The predicted octanol–water partition coefficient (Wildman–Crippen LogP) is 2.52. The van der Waals surface area contributed by atoms with E-state index in [1.165, 1.54) is 46.1 Å². The summed E-state index contributed by atoms with van der Waals surface area (Å²) in [6, 6.07) is 10.3. The summed E-state index contributed by atoms with van der Waals surface area (Å²) in [5.41, 5.74) is 0.432. The molecule has 1 N–H and O–H groups in total. The standard InChI is InChI=1S/C22H27N3O6S2/c1-31-20-10-9-17(15-21(20)33(29,30)25-13-4-5-14-25)22(26)23-18-7-6-8-19(16-18)32(27,28)24-11-2-3-12-24/h6-10,15-16H,2-5,11-14H2,1H3,(H,23,26). The van der Waals surface area contributed by atoms with Crippen molar-refractivity contribution in [3.63, 3.8) is 0 Å². The monoisotopic (exact) mass is 493 g/mol. The van der Waals surface area contributed by atoms with Gasteiger partial charge in [-0.3, -0.25) is 4.79 Å². The number of ether oxygens (including phenoxy) is 1. The lowest BCUT2D eigenvalue weighted by atomic mass is 10.2. The Labute approximate surface area is 194 Å². The molecule has 2 aliphatic heterocycles. The van der Waals surface area contributed by atoms with E-state index in [9.17, 15) is 21.6 Å². The Morgan fingerprint density at radius 1 is 0.848 bits per heavy atom. The third-order valence-electron chi connectivity index (χ3n) is 5.90. The minimum atomic E-state index is -3.80. The number of nitrogens with one attached hydrogen (secondary N) is 1. The van der Waals surface area contributed by atoms with Gasteiger partial charge in [-0.1, -0.05) is 6.07 Å². The minimum Gasteiger partial charge on any atom is -0.495 e. The summed E-state index contributed by atoms with van der Waals surface area (Å²) in [4.78, 5) is 13.0. The van der Waals surface area contributed by atoms with Gasteiger partial charge in [0.25, 0.3) is 5.91 Å². The molecule has 33 heavy (non-hydrogen) atoms. The number of hydrogen-bond donors (Lipinski definition) is 1. The molecule has 0 unspecified atom stereocenters. The zero-order chi connectivity index (χ0) is 23.6. The number of nitrogens with zero attached hydrogens (tertiary/aromatic N) is 2. The average molecular weight is 494 g/mol. The van der Waals surface area contributed by atoms with Gasteiger partial charge in [0.05, 0.1) is 12.0 Å². The molecule has 2 fully saturated rings. The van der Waals surface area contributed by atoms with Crippen LogP contribution in [0.3, 0.4) is 0 Å². The zero-order valence-electron chi connectivity index (χ0n) is 18.4. The molecule has 1 amide bonds. The summed E-state index contributed by atoms with van der Waals surface area (Å²) in [5.74, 6) is -0.386. The van der Waals surface area contributed by atoms with Gasteiger partial charge in [0.15, 0.2) is 0 Å². The first-order chi connectivity index (χ1) is 15.7. The highest BCUT2D eigenvalue weighted by Gasteiger charge is 2.31.